The molecule has 38 heavy (non-hydrogen) atoms. The molecule has 1 atom stereocenters. The Bertz CT molecular complexity index is 1410. The lowest BCUT2D eigenvalue weighted by Crippen LogP contribution is -2.39. The SMILES string of the molecule is COc1ccc(CN2CC(c3nc4ccccc4n3CC(=O)N(Cc3ccccc3)C(C)C)CC2=O)cc1. The maximum absolute atomic E-state index is 13.7. The van der Waals surface area contributed by atoms with Gasteiger partial charge in [-0.1, -0.05) is 54.6 Å². The Kier molecular flexibility index (Phi) is 7.45. The highest BCUT2D eigenvalue weighted by Crippen LogP contribution is 2.31. The first-order valence-electron chi connectivity index (χ1n) is 13.1. The van der Waals surface area contributed by atoms with Gasteiger partial charge in [-0.25, -0.2) is 4.98 Å². The van der Waals surface area contributed by atoms with Crippen LogP contribution in [0.25, 0.3) is 11.0 Å². The van der Waals surface area contributed by atoms with E-state index in [1.807, 2.05) is 107 Å². The van der Waals surface area contributed by atoms with E-state index in [1.165, 1.54) is 0 Å². The summed E-state index contributed by atoms with van der Waals surface area (Å²) in [6.45, 7) is 5.93. The van der Waals surface area contributed by atoms with E-state index in [-0.39, 0.29) is 30.3 Å². The molecule has 1 saturated heterocycles. The van der Waals surface area contributed by atoms with E-state index in [0.717, 1.165) is 33.7 Å². The lowest BCUT2D eigenvalue weighted by molar-refractivity contribution is -0.134. The van der Waals surface area contributed by atoms with E-state index < -0.39 is 0 Å². The molecule has 196 valence electrons. The summed E-state index contributed by atoms with van der Waals surface area (Å²) in [4.78, 5) is 35.4. The van der Waals surface area contributed by atoms with Crippen molar-refractivity contribution in [3.63, 3.8) is 0 Å². The van der Waals surface area contributed by atoms with Gasteiger partial charge in [-0.15, -0.1) is 0 Å². The van der Waals surface area contributed by atoms with Crippen LogP contribution in [0.2, 0.25) is 0 Å². The molecule has 2 heterocycles. The molecule has 1 fully saturated rings. The number of amides is 2. The number of nitrogens with zero attached hydrogens (tertiary/aromatic N) is 4. The van der Waals surface area contributed by atoms with Crippen LogP contribution >= 0.6 is 0 Å². The van der Waals surface area contributed by atoms with Crippen LogP contribution in [0.4, 0.5) is 0 Å². The van der Waals surface area contributed by atoms with Crippen molar-refractivity contribution in [1.29, 1.82) is 0 Å². The van der Waals surface area contributed by atoms with Crippen LogP contribution in [-0.4, -0.2) is 50.9 Å². The molecule has 3 aromatic carbocycles. The van der Waals surface area contributed by atoms with Gasteiger partial charge in [-0.3, -0.25) is 9.59 Å². The number of carbonyl (C=O) groups excluding carboxylic acids is 2. The topological polar surface area (TPSA) is 67.7 Å². The van der Waals surface area contributed by atoms with Gasteiger partial charge < -0.3 is 19.1 Å². The summed E-state index contributed by atoms with van der Waals surface area (Å²) >= 11 is 0. The number of carbonyl (C=O) groups is 2. The number of imidazole rings is 1. The molecule has 0 aliphatic carbocycles. The summed E-state index contributed by atoms with van der Waals surface area (Å²) in [5, 5.41) is 0. The van der Waals surface area contributed by atoms with Crippen LogP contribution in [0.15, 0.2) is 78.9 Å². The van der Waals surface area contributed by atoms with E-state index in [0.29, 0.717) is 26.1 Å². The van der Waals surface area contributed by atoms with Crippen LogP contribution in [0.1, 0.15) is 43.1 Å². The number of hydrogen-bond acceptors (Lipinski definition) is 4. The van der Waals surface area contributed by atoms with Gasteiger partial charge in [0.25, 0.3) is 0 Å². The fourth-order valence-electron chi connectivity index (χ4n) is 5.19. The molecule has 7 nitrogen and oxygen atoms in total. The zero-order valence-corrected chi connectivity index (χ0v) is 22.2. The number of ether oxygens (including phenoxy) is 1. The van der Waals surface area contributed by atoms with Crippen molar-refractivity contribution in [2.45, 2.75) is 51.9 Å². The highest BCUT2D eigenvalue weighted by atomic mass is 16.5. The molecule has 0 spiro atoms. The fourth-order valence-corrected chi connectivity index (χ4v) is 5.19. The minimum atomic E-state index is -0.0810. The van der Waals surface area contributed by atoms with Gasteiger partial charge in [-0.05, 0) is 49.2 Å². The zero-order chi connectivity index (χ0) is 26.6. The number of rotatable bonds is 9. The van der Waals surface area contributed by atoms with Crippen LogP contribution in [0.5, 0.6) is 5.75 Å². The number of likely N-dealkylation sites (tertiary alicyclic amines) is 1. The molecule has 1 aromatic heterocycles. The molecule has 0 N–H and O–H groups in total. The first-order valence-corrected chi connectivity index (χ1v) is 13.1. The molecule has 1 aliphatic heterocycles. The third-order valence-corrected chi connectivity index (χ3v) is 7.23. The quantitative estimate of drug-likeness (QED) is 0.318. The fraction of sp³-hybridized carbons (Fsp3) is 0.323. The predicted octanol–water partition coefficient (Wildman–Crippen LogP) is 5.00. The van der Waals surface area contributed by atoms with E-state index in [2.05, 4.69) is 0 Å². The van der Waals surface area contributed by atoms with Crippen molar-refractivity contribution in [3.8, 4) is 5.75 Å². The maximum atomic E-state index is 13.7. The molecule has 1 aliphatic rings. The van der Waals surface area contributed by atoms with Crippen molar-refractivity contribution in [2.75, 3.05) is 13.7 Å². The van der Waals surface area contributed by atoms with Gasteiger partial charge in [0.05, 0.1) is 18.1 Å². The van der Waals surface area contributed by atoms with Gasteiger partial charge in [0.15, 0.2) is 0 Å². The monoisotopic (exact) mass is 510 g/mol. The van der Waals surface area contributed by atoms with Crippen LogP contribution in [0.3, 0.4) is 0 Å². The normalized spacial score (nSPS) is 15.4. The first-order chi connectivity index (χ1) is 18.4. The Hall–Kier alpha value is -4.13. The number of hydrogen-bond donors (Lipinski definition) is 0. The second-order valence-corrected chi connectivity index (χ2v) is 10.2. The van der Waals surface area contributed by atoms with Crippen LogP contribution in [-0.2, 0) is 29.2 Å². The number of benzene rings is 3. The minimum absolute atomic E-state index is 0.0349. The van der Waals surface area contributed by atoms with E-state index in [4.69, 9.17) is 9.72 Å². The van der Waals surface area contributed by atoms with Crippen molar-refractivity contribution in [1.82, 2.24) is 19.4 Å². The molecule has 0 radical (unpaired) electrons. The predicted molar refractivity (Wildman–Crippen MR) is 148 cm³/mol. The van der Waals surface area contributed by atoms with Gasteiger partial charge >= 0.3 is 0 Å². The second-order valence-electron chi connectivity index (χ2n) is 10.2. The molecular weight excluding hydrogens is 476 g/mol. The van der Waals surface area contributed by atoms with Gasteiger partial charge in [0.2, 0.25) is 11.8 Å². The lowest BCUT2D eigenvalue weighted by Gasteiger charge is -2.28. The Labute approximate surface area is 223 Å². The second kappa shape index (κ2) is 11.1. The lowest BCUT2D eigenvalue weighted by atomic mass is 10.1. The minimum Gasteiger partial charge on any atom is -0.497 e. The van der Waals surface area contributed by atoms with E-state index in [1.54, 1.807) is 7.11 Å². The van der Waals surface area contributed by atoms with E-state index in [9.17, 15) is 9.59 Å². The smallest absolute Gasteiger partial charge is 0.243 e. The average molecular weight is 511 g/mol. The zero-order valence-electron chi connectivity index (χ0n) is 22.2. The molecule has 0 bridgehead atoms. The molecule has 4 aromatic rings. The largest absolute Gasteiger partial charge is 0.497 e. The van der Waals surface area contributed by atoms with Crippen LogP contribution in [0, 0.1) is 0 Å². The molecule has 1 unspecified atom stereocenters. The van der Waals surface area contributed by atoms with Crippen molar-refractivity contribution >= 4 is 22.8 Å². The maximum Gasteiger partial charge on any atom is 0.243 e. The average Bonchev–Trinajstić information content (AvgIpc) is 3.48. The van der Waals surface area contributed by atoms with Crippen molar-refractivity contribution < 1.29 is 14.3 Å². The summed E-state index contributed by atoms with van der Waals surface area (Å²) < 4.78 is 7.27. The number of methoxy groups -OCH3 is 1. The highest BCUT2D eigenvalue weighted by molar-refractivity contribution is 5.83. The summed E-state index contributed by atoms with van der Waals surface area (Å²) in [7, 11) is 1.64. The Morgan fingerprint density at radius 2 is 1.71 bits per heavy atom. The summed E-state index contributed by atoms with van der Waals surface area (Å²) in [5.41, 5.74) is 3.91. The molecule has 2 amide bonds. The Balaban J connectivity index is 1.39. The summed E-state index contributed by atoms with van der Waals surface area (Å²) in [5.74, 6) is 1.65. The first kappa shape index (κ1) is 25.5. The van der Waals surface area contributed by atoms with Crippen molar-refractivity contribution in [3.05, 3.63) is 95.8 Å². The van der Waals surface area contributed by atoms with Crippen LogP contribution < -0.4 is 4.74 Å². The third-order valence-electron chi connectivity index (χ3n) is 7.23. The molecule has 7 heteroatoms. The van der Waals surface area contributed by atoms with Gasteiger partial charge in [-0.2, -0.15) is 0 Å². The third kappa shape index (κ3) is 5.42. The number of aromatic nitrogens is 2. The molecule has 0 saturated carbocycles. The molecule has 5 rings (SSSR count). The molecular formula is C31H34N4O3. The van der Waals surface area contributed by atoms with Gasteiger partial charge in [0.1, 0.15) is 18.1 Å². The van der Waals surface area contributed by atoms with E-state index >= 15 is 0 Å². The number of para-hydroxylation sites is 2. The van der Waals surface area contributed by atoms with Gasteiger partial charge in [0, 0.05) is 38.0 Å². The summed E-state index contributed by atoms with van der Waals surface area (Å²) in [6, 6.07) is 25.8. The number of fused-ring (bicyclic) bond motifs is 1. The standard InChI is InChI=1S/C31H34N4O3/c1-22(2)34(19-23-9-5-4-6-10-23)30(37)21-35-28-12-8-7-11-27(28)32-31(35)25-17-29(36)33(20-25)18-24-13-15-26(38-3)16-14-24/h4-16,22,25H,17-21H2,1-3H3. The highest BCUT2D eigenvalue weighted by Gasteiger charge is 2.34. The summed E-state index contributed by atoms with van der Waals surface area (Å²) in [6.07, 6.45) is 0.381. The van der Waals surface area contributed by atoms with Crippen molar-refractivity contribution in [2.24, 2.45) is 0 Å². The Morgan fingerprint density at radius 3 is 2.42 bits per heavy atom. The Morgan fingerprint density at radius 1 is 1.00 bits per heavy atom.